The molecule has 0 heterocycles. The van der Waals surface area contributed by atoms with E-state index in [9.17, 15) is 9.59 Å². The van der Waals surface area contributed by atoms with Crippen molar-refractivity contribution in [3.05, 3.63) is 59.2 Å². The molecule has 0 bridgehead atoms. The maximum Gasteiger partial charge on any atom is 0.224 e. The molecule has 2 aromatic carbocycles. The van der Waals surface area contributed by atoms with Crippen LogP contribution in [0.5, 0.6) is 5.75 Å². The molecule has 1 N–H and O–H groups in total. The Hall–Kier alpha value is -2.62. The molecule has 1 aliphatic rings. The number of nitrogens with one attached hydrogen (secondary N) is 1. The fraction of sp³-hybridized carbons (Fsp3) is 0.333. The third-order valence-corrected chi connectivity index (χ3v) is 4.46. The highest BCUT2D eigenvalue weighted by Crippen LogP contribution is 2.25. The molecule has 25 heavy (non-hydrogen) atoms. The summed E-state index contributed by atoms with van der Waals surface area (Å²) >= 11 is 0. The lowest BCUT2D eigenvalue weighted by molar-refractivity contribution is -0.116. The summed E-state index contributed by atoms with van der Waals surface area (Å²) in [6.07, 6.45) is 4.52. The summed E-state index contributed by atoms with van der Waals surface area (Å²) in [6, 6.07) is 13.2. The molecule has 130 valence electrons. The summed E-state index contributed by atoms with van der Waals surface area (Å²) in [5.74, 6) is 0.757. The maximum atomic E-state index is 12.0. The van der Waals surface area contributed by atoms with Gasteiger partial charge >= 0.3 is 0 Å². The van der Waals surface area contributed by atoms with Crippen LogP contribution in [0.1, 0.15) is 47.7 Å². The minimum absolute atomic E-state index is 0.00785. The molecule has 0 fully saturated rings. The number of carbonyl (C=O) groups is 2. The van der Waals surface area contributed by atoms with Gasteiger partial charge < -0.3 is 10.1 Å². The maximum absolute atomic E-state index is 12.0. The van der Waals surface area contributed by atoms with Crippen LogP contribution < -0.4 is 10.1 Å². The smallest absolute Gasteiger partial charge is 0.224 e. The van der Waals surface area contributed by atoms with Crippen molar-refractivity contribution in [3.63, 3.8) is 0 Å². The molecule has 4 nitrogen and oxygen atoms in total. The number of benzene rings is 2. The molecule has 2 aromatic rings. The number of rotatable bonds is 7. The quantitative estimate of drug-likeness (QED) is 0.609. The fourth-order valence-electron chi connectivity index (χ4n) is 3.08. The molecular weight excluding hydrogens is 314 g/mol. The number of fused-ring (bicyclic) bond motifs is 1. The summed E-state index contributed by atoms with van der Waals surface area (Å²) in [4.78, 5) is 23.3. The average molecular weight is 337 g/mol. The number of hydrogen-bond donors (Lipinski definition) is 1. The van der Waals surface area contributed by atoms with E-state index in [-0.39, 0.29) is 11.7 Å². The Morgan fingerprint density at radius 1 is 1.04 bits per heavy atom. The first kappa shape index (κ1) is 17.2. The van der Waals surface area contributed by atoms with Crippen LogP contribution in [-0.2, 0) is 17.6 Å². The van der Waals surface area contributed by atoms with Crippen LogP contribution in [0.2, 0.25) is 0 Å². The Morgan fingerprint density at radius 2 is 1.80 bits per heavy atom. The standard InChI is InChI=1S/C21H23NO3/c1-15(23)16-8-11-20(12-9-16)25-13-3-6-21(24)22-19-10-7-17-4-2-5-18(17)14-19/h7-12,14H,2-6,13H2,1H3,(H,22,24). The number of aryl methyl sites for hydroxylation is 2. The van der Waals surface area contributed by atoms with Crippen LogP contribution in [-0.4, -0.2) is 18.3 Å². The van der Waals surface area contributed by atoms with E-state index in [0.29, 0.717) is 30.8 Å². The predicted molar refractivity (Wildman–Crippen MR) is 98.3 cm³/mol. The predicted octanol–water partition coefficient (Wildman–Crippen LogP) is 4.18. The van der Waals surface area contributed by atoms with Crippen LogP contribution in [0.15, 0.2) is 42.5 Å². The van der Waals surface area contributed by atoms with Gasteiger partial charge in [-0.05, 0) is 80.1 Å². The zero-order chi connectivity index (χ0) is 17.6. The van der Waals surface area contributed by atoms with E-state index in [4.69, 9.17) is 4.74 Å². The van der Waals surface area contributed by atoms with E-state index in [1.807, 2.05) is 6.07 Å². The number of ketones is 1. The molecule has 0 unspecified atom stereocenters. The molecule has 0 aliphatic heterocycles. The zero-order valence-electron chi connectivity index (χ0n) is 14.5. The second-order valence-corrected chi connectivity index (χ2v) is 6.42. The number of anilines is 1. The molecular formula is C21H23NO3. The number of Topliss-reactive ketones (excluding diaryl/α,β-unsaturated/α-hetero) is 1. The topological polar surface area (TPSA) is 55.4 Å². The van der Waals surface area contributed by atoms with Crippen molar-refractivity contribution in [1.29, 1.82) is 0 Å². The van der Waals surface area contributed by atoms with Gasteiger partial charge in [0.05, 0.1) is 6.61 Å². The average Bonchev–Trinajstić information content (AvgIpc) is 3.07. The van der Waals surface area contributed by atoms with Crippen LogP contribution >= 0.6 is 0 Å². The molecule has 0 aromatic heterocycles. The van der Waals surface area contributed by atoms with Crippen molar-refractivity contribution in [2.75, 3.05) is 11.9 Å². The molecule has 0 saturated carbocycles. The fourth-order valence-corrected chi connectivity index (χ4v) is 3.08. The van der Waals surface area contributed by atoms with Gasteiger partial charge in [-0.15, -0.1) is 0 Å². The molecule has 0 spiro atoms. The summed E-state index contributed by atoms with van der Waals surface area (Å²) in [6.45, 7) is 2.01. The third-order valence-electron chi connectivity index (χ3n) is 4.46. The molecule has 3 rings (SSSR count). The van der Waals surface area contributed by atoms with Crippen molar-refractivity contribution in [2.45, 2.75) is 39.0 Å². The monoisotopic (exact) mass is 337 g/mol. The third kappa shape index (κ3) is 4.69. The van der Waals surface area contributed by atoms with E-state index in [2.05, 4.69) is 17.4 Å². The van der Waals surface area contributed by atoms with Crippen LogP contribution in [0.25, 0.3) is 0 Å². The molecule has 4 heteroatoms. The van der Waals surface area contributed by atoms with Crippen molar-refractivity contribution in [2.24, 2.45) is 0 Å². The van der Waals surface area contributed by atoms with E-state index in [0.717, 1.165) is 18.5 Å². The van der Waals surface area contributed by atoms with Crippen molar-refractivity contribution in [1.82, 2.24) is 0 Å². The Morgan fingerprint density at radius 3 is 2.56 bits per heavy atom. The number of hydrogen-bond acceptors (Lipinski definition) is 3. The van der Waals surface area contributed by atoms with Gasteiger partial charge in [-0.25, -0.2) is 0 Å². The van der Waals surface area contributed by atoms with Gasteiger partial charge in [0, 0.05) is 17.7 Å². The summed E-state index contributed by atoms with van der Waals surface area (Å²) in [5.41, 5.74) is 4.31. The van der Waals surface area contributed by atoms with Gasteiger partial charge in [-0.2, -0.15) is 0 Å². The van der Waals surface area contributed by atoms with Gasteiger partial charge in [0.1, 0.15) is 5.75 Å². The van der Waals surface area contributed by atoms with E-state index in [1.54, 1.807) is 24.3 Å². The van der Waals surface area contributed by atoms with Crippen LogP contribution in [0, 0.1) is 0 Å². The lowest BCUT2D eigenvalue weighted by Crippen LogP contribution is -2.13. The van der Waals surface area contributed by atoms with Gasteiger partial charge in [-0.3, -0.25) is 9.59 Å². The summed E-state index contributed by atoms with van der Waals surface area (Å²) in [5, 5.41) is 2.96. The van der Waals surface area contributed by atoms with Crippen molar-refractivity contribution in [3.8, 4) is 5.75 Å². The summed E-state index contributed by atoms with van der Waals surface area (Å²) < 4.78 is 5.61. The minimum atomic E-state index is 0.00785. The Balaban J connectivity index is 1.40. The van der Waals surface area contributed by atoms with Crippen LogP contribution in [0.3, 0.4) is 0 Å². The molecule has 0 radical (unpaired) electrons. The SMILES string of the molecule is CC(=O)c1ccc(OCCCC(=O)Nc2ccc3c(c2)CCC3)cc1. The van der Waals surface area contributed by atoms with Crippen molar-refractivity contribution < 1.29 is 14.3 Å². The highest BCUT2D eigenvalue weighted by Gasteiger charge is 2.11. The lowest BCUT2D eigenvalue weighted by atomic mass is 10.1. The Bertz CT molecular complexity index is 765. The first-order valence-corrected chi connectivity index (χ1v) is 8.77. The number of carbonyl (C=O) groups excluding carboxylic acids is 2. The second kappa shape index (κ2) is 7.97. The lowest BCUT2D eigenvalue weighted by Gasteiger charge is -2.09. The zero-order valence-corrected chi connectivity index (χ0v) is 14.5. The Kier molecular flexibility index (Phi) is 5.49. The first-order valence-electron chi connectivity index (χ1n) is 8.77. The van der Waals surface area contributed by atoms with Gasteiger partial charge in [-0.1, -0.05) is 6.07 Å². The Labute approximate surface area is 148 Å². The van der Waals surface area contributed by atoms with Gasteiger partial charge in [0.25, 0.3) is 0 Å². The highest BCUT2D eigenvalue weighted by molar-refractivity contribution is 5.94. The first-order chi connectivity index (χ1) is 12.1. The van der Waals surface area contributed by atoms with Gasteiger partial charge in [0.15, 0.2) is 5.78 Å². The largest absolute Gasteiger partial charge is 0.494 e. The molecule has 0 atom stereocenters. The van der Waals surface area contributed by atoms with E-state index < -0.39 is 0 Å². The molecule has 1 aliphatic carbocycles. The summed E-state index contributed by atoms with van der Waals surface area (Å²) in [7, 11) is 0. The van der Waals surface area contributed by atoms with Crippen molar-refractivity contribution >= 4 is 17.4 Å². The second-order valence-electron chi connectivity index (χ2n) is 6.42. The number of ether oxygens (including phenoxy) is 1. The van der Waals surface area contributed by atoms with E-state index >= 15 is 0 Å². The highest BCUT2D eigenvalue weighted by atomic mass is 16.5. The molecule has 1 amide bonds. The van der Waals surface area contributed by atoms with E-state index in [1.165, 1.54) is 24.5 Å². The minimum Gasteiger partial charge on any atom is -0.494 e. The molecule has 0 saturated heterocycles. The van der Waals surface area contributed by atoms with Gasteiger partial charge in [0.2, 0.25) is 5.91 Å². The number of amides is 1. The normalized spacial score (nSPS) is 12.5. The van der Waals surface area contributed by atoms with Crippen LogP contribution in [0.4, 0.5) is 5.69 Å².